The van der Waals surface area contributed by atoms with Crippen molar-refractivity contribution in [1.29, 1.82) is 0 Å². The van der Waals surface area contributed by atoms with Gasteiger partial charge < -0.3 is 5.11 Å². The van der Waals surface area contributed by atoms with Crippen molar-refractivity contribution >= 4 is 27.3 Å². The highest BCUT2D eigenvalue weighted by molar-refractivity contribution is 9.10. The Morgan fingerprint density at radius 3 is 2.71 bits per heavy atom. The molecule has 0 radical (unpaired) electrons. The zero-order valence-corrected chi connectivity index (χ0v) is 11.8. The Morgan fingerprint density at radius 1 is 1.24 bits per heavy atom. The molecule has 0 bridgehead atoms. The fraction of sp³-hybridized carbons (Fsp3) is 0.308. The number of nitrogens with zero attached hydrogens (tertiary/aromatic N) is 1. The molecule has 0 saturated heterocycles. The Kier molecular flexibility index (Phi) is 4.71. The van der Waals surface area contributed by atoms with E-state index in [1.807, 2.05) is 0 Å². The molecule has 1 aromatic carbocycles. The summed E-state index contributed by atoms with van der Waals surface area (Å²) in [5.41, 5.74) is 2.37. The second-order valence-electron chi connectivity index (χ2n) is 3.86. The van der Waals surface area contributed by atoms with E-state index in [-0.39, 0.29) is 6.61 Å². The van der Waals surface area contributed by atoms with Gasteiger partial charge in [-0.25, -0.2) is 4.98 Å². The van der Waals surface area contributed by atoms with Gasteiger partial charge in [-0.15, -0.1) is 11.3 Å². The molecule has 4 heteroatoms. The molecule has 17 heavy (non-hydrogen) atoms. The van der Waals surface area contributed by atoms with E-state index >= 15 is 0 Å². The van der Waals surface area contributed by atoms with E-state index in [1.54, 1.807) is 11.3 Å². The first-order chi connectivity index (χ1) is 8.28. The molecule has 1 heterocycles. The fourth-order valence-electron chi connectivity index (χ4n) is 1.58. The number of rotatable bonds is 5. The molecule has 1 aromatic heterocycles. The number of benzene rings is 1. The van der Waals surface area contributed by atoms with Gasteiger partial charge in [0.15, 0.2) is 0 Å². The highest BCUT2D eigenvalue weighted by atomic mass is 79.9. The molecular weight excluding hydrogens is 298 g/mol. The van der Waals surface area contributed by atoms with E-state index in [9.17, 15) is 0 Å². The van der Waals surface area contributed by atoms with Crippen LogP contribution in [0.1, 0.15) is 22.7 Å². The number of thiazole rings is 1. The molecule has 2 aromatic rings. The predicted octanol–water partition coefficient (Wildman–Crippen LogP) is 3.42. The van der Waals surface area contributed by atoms with Crippen molar-refractivity contribution in [3.8, 4) is 0 Å². The van der Waals surface area contributed by atoms with Gasteiger partial charge >= 0.3 is 0 Å². The Labute approximate surface area is 113 Å². The normalized spacial score (nSPS) is 10.7. The fourth-order valence-corrected chi connectivity index (χ4v) is 2.71. The van der Waals surface area contributed by atoms with Crippen LogP contribution in [0.5, 0.6) is 0 Å². The molecular formula is C13H14BrNOS. The van der Waals surface area contributed by atoms with Crippen molar-refractivity contribution in [2.45, 2.75) is 19.3 Å². The molecule has 0 atom stereocenters. The Balaban J connectivity index is 1.98. The average Bonchev–Trinajstić information content (AvgIpc) is 2.77. The third-order valence-corrected chi connectivity index (χ3v) is 3.89. The molecule has 0 aliphatic heterocycles. The van der Waals surface area contributed by atoms with E-state index in [2.05, 4.69) is 50.6 Å². The van der Waals surface area contributed by atoms with Crippen LogP contribution in [0.25, 0.3) is 0 Å². The average molecular weight is 312 g/mol. The maximum absolute atomic E-state index is 8.77. The molecule has 2 nitrogen and oxygen atoms in total. The van der Waals surface area contributed by atoms with Crippen LogP contribution in [-0.4, -0.2) is 16.7 Å². The lowest BCUT2D eigenvalue weighted by molar-refractivity contribution is 0.288. The lowest BCUT2D eigenvalue weighted by Crippen LogP contribution is -1.91. The summed E-state index contributed by atoms with van der Waals surface area (Å²) in [6.07, 6.45) is 2.55. The van der Waals surface area contributed by atoms with Crippen LogP contribution in [0.3, 0.4) is 0 Å². The molecule has 0 spiro atoms. The van der Waals surface area contributed by atoms with Gasteiger partial charge in [-0.2, -0.15) is 0 Å². The minimum Gasteiger partial charge on any atom is -0.396 e. The largest absolute Gasteiger partial charge is 0.396 e. The number of hydrogen-bond acceptors (Lipinski definition) is 3. The van der Waals surface area contributed by atoms with E-state index in [4.69, 9.17) is 5.11 Å². The first-order valence-electron chi connectivity index (χ1n) is 5.56. The monoisotopic (exact) mass is 311 g/mol. The lowest BCUT2D eigenvalue weighted by Gasteiger charge is -1.98. The van der Waals surface area contributed by atoms with Crippen LogP contribution >= 0.6 is 27.3 Å². The van der Waals surface area contributed by atoms with Gasteiger partial charge in [-0.3, -0.25) is 0 Å². The van der Waals surface area contributed by atoms with Crippen LogP contribution in [0.4, 0.5) is 0 Å². The van der Waals surface area contributed by atoms with Crippen LogP contribution in [0.2, 0.25) is 0 Å². The summed E-state index contributed by atoms with van der Waals surface area (Å²) < 4.78 is 1.10. The quantitative estimate of drug-likeness (QED) is 0.917. The van der Waals surface area contributed by atoms with Gasteiger partial charge in [-0.05, 0) is 30.5 Å². The van der Waals surface area contributed by atoms with E-state index < -0.39 is 0 Å². The summed E-state index contributed by atoms with van der Waals surface area (Å²) in [6.45, 7) is 0.236. The Morgan fingerprint density at radius 2 is 2.00 bits per heavy atom. The topological polar surface area (TPSA) is 33.1 Å². The summed E-state index contributed by atoms with van der Waals surface area (Å²) in [5.74, 6) is 0. The third kappa shape index (κ3) is 3.91. The molecule has 0 amide bonds. The third-order valence-electron chi connectivity index (χ3n) is 2.46. The van der Waals surface area contributed by atoms with Gasteiger partial charge in [0.05, 0.1) is 10.7 Å². The number of aliphatic hydroxyl groups excluding tert-OH is 1. The van der Waals surface area contributed by atoms with Crippen molar-refractivity contribution in [3.63, 3.8) is 0 Å². The van der Waals surface area contributed by atoms with Crippen LogP contribution in [-0.2, 0) is 12.8 Å². The maximum Gasteiger partial charge on any atom is 0.0972 e. The summed E-state index contributed by atoms with van der Waals surface area (Å²) >= 11 is 5.12. The second-order valence-corrected chi connectivity index (χ2v) is 5.72. The number of hydrogen-bond donors (Lipinski definition) is 1. The van der Waals surface area contributed by atoms with Gasteiger partial charge in [0.1, 0.15) is 0 Å². The maximum atomic E-state index is 8.77. The molecule has 2 rings (SSSR count). The van der Waals surface area contributed by atoms with E-state index in [0.29, 0.717) is 0 Å². The standard InChI is InChI=1S/C13H14BrNOS/c14-11-5-3-10(4-6-11)8-13-15-12(9-17-13)2-1-7-16/h3-6,9,16H,1-2,7-8H2. The van der Waals surface area contributed by atoms with Crippen molar-refractivity contribution in [2.24, 2.45) is 0 Å². The first kappa shape index (κ1) is 12.7. The summed E-state index contributed by atoms with van der Waals surface area (Å²) in [7, 11) is 0. The SMILES string of the molecule is OCCCc1csc(Cc2ccc(Br)cc2)n1. The second kappa shape index (κ2) is 6.28. The van der Waals surface area contributed by atoms with Crippen molar-refractivity contribution in [1.82, 2.24) is 4.98 Å². The Bertz CT molecular complexity index is 467. The zero-order valence-electron chi connectivity index (χ0n) is 9.40. The van der Waals surface area contributed by atoms with Crippen molar-refractivity contribution in [3.05, 3.63) is 50.4 Å². The first-order valence-corrected chi connectivity index (χ1v) is 7.24. The van der Waals surface area contributed by atoms with Crippen molar-refractivity contribution < 1.29 is 5.11 Å². The van der Waals surface area contributed by atoms with Gasteiger partial charge in [0, 0.05) is 22.9 Å². The van der Waals surface area contributed by atoms with Crippen LogP contribution in [0, 0.1) is 0 Å². The molecule has 0 aliphatic rings. The van der Waals surface area contributed by atoms with Crippen LogP contribution < -0.4 is 0 Å². The number of aryl methyl sites for hydroxylation is 1. The molecule has 0 aliphatic carbocycles. The zero-order chi connectivity index (χ0) is 12.1. The predicted molar refractivity (Wildman–Crippen MR) is 74.5 cm³/mol. The molecule has 1 N–H and O–H groups in total. The molecule has 0 saturated carbocycles. The number of aromatic nitrogens is 1. The highest BCUT2D eigenvalue weighted by Gasteiger charge is 2.03. The molecule has 90 valence electrons. The minimum absolute atomic E-state index is 0.236. The Hall–Kier alpha value is -0.710. The smallest absolute Gasteiger partial charge is 0.0972 e. The van der Waals surface area contributed by atoms with Gasteiger partial charge in [-0.1, -0.05) is 28.1 Å². The summed E-state index contributed by atoms with van der Waals surface area (Å²) in [5, 5.41) is 12.0. The molecule has 0 fully saturated rings. The number of halogens is 1. The molecule has 0 unspecified atom stereocenters. The van der Waals surface area contributed by atoms with E-state index in [0.717, 1.165) is 34.4 Å². The van der Waals surface area contributed by atoms with Crippen LogP contribution in [0.15, 0.2) is 34.1 Å². The summed E-state index contributed by atoms with van der Waals surface area (Å²) in [6, 6.07) is 8.32. The minimum atomic E-state index is 0.236. The van der Waals surface area contributed by atoms with Gasteiger partial charge in [0.2, 0.25) is 0 Å². The number of aliphatic hydroxyl groups is 1. The van der Waals surface area contributed by atoms with Gasteiger partial charge in [0.25, 0.3) is 0 Å². The van der Waals surface area contributed by atoms with E-state index in [1.165, 1.54) is 5.56 Å². The highest BCUT2D eigenvalue weighted by Crippen LogP contribution is 2.17. The lowest BCUT2D eigenvalue weighted by atomic mass is 10.2. The summed E-state index contributed by atoms with van der Waals surface area (Å²) in [4.78, 5) is 4.56. The van der Waals surface area contributed by atoms with Crippen molar-refractivity contribution in [2.75, 3.05) is 6.61 Å².